The first-order valence-electron chi connectivity index (χ1n) is 8.15. The van der Waals surface area contributed by atoms with Crippen molar-refractivity contribution in [2.45, 2.75) is 39.0 Å². The molecular weight excluding hydrogens is 286 g/mol. The van der Waals surface area contributed by atoms with Crippen LogP contribution in [0.2, 0.25) is 0 Å². The lowest BCUT2D eigenvalue weighted by Crippen LogP contribution is -2.26. The molecule has 2 aromatic rings. The highest BCUT2D eigenvalue weighted by molar-refractivity contribution is 5.27. The van der Waals surface area contributed by atoms with Crippen LogP contribution in [0, 0.1) is 0 Å². The molecule has 1 unspecified atom stereocenters. The molecule has 1 N–H and O–H groups in total. The highest BCUT2D eigenvalue weighted by Crippen LogP contribution is 2.14. The van der Waals surface area contributed by atoms with Gasteiger partial charge in [-0.05, 0) is 48.6 Å². The molecule has 0 bridgehead atoms. The van der Waals surface area contributed by atoms with Gasteiger partial charge in [0.15, 0.2) is 0 Å². The van der Waals surface area contributed by atoms with E-state index in [1.165, 1.54) is 16.7 Å². The Balaban J connectivity index is 1.79. The van der Waals surface area contributed by atoms with E-state index in [1.807, 2.05) is 12.1 Å². The van der Waals surface area contributed by atoms with Gasteiger partial charge in [0.05, 0.1) is 13.7 Å². The number of ether oxygens (including phenoxy) is 2. The number of hydrogen-bond acceptors (Lipinski definition) is 3. The van der Waals surface area contributed by atoms with Gasteiger partial charge in [-0.1, -0.05) is 36.4 Å². The monoisotopic (exact) mass is 313 g/mol. The minimum atomic E-state index is 0.465. The van der Waals surface area contributed by atoms with E-state index < -0.39 is 0 Å². The van der Waals surface area contributed by atoms with Gasteiger partial charge >= 0.3 is 0 Å². The van der Waals surface area contributed by atoms with Gasteiger partial charge in [-0.3, -0.25) is 0 Å². The number of nitrogens with one attached hydrogen (secondary N) is 1. The van der Waals surface area contributed by atoms with Crippen LogP contribution in [0.15, 0.2) is 48.5 Å². The Kier molecular flexibility index (Phi) is 7.11. The second-order valence-corrected chi connectivity index (χ2v) is 5.87. The third kappa shape index (κ3) is 5.70. The van der Waals surface area contributed by atoms with Crippen LogP contribution in [0.25, 0.3) is 0 Å². The lowest BCUT2D eigenvalue weighted by Gasteiger charge is -2.16. The van der Waals surface area contributed by atoms with Crippen molar-refractivity contribution in [1.82, 2.24) is 5.32 Å². The van der Waals surface area contributed by atoms with Gasteiger partial charge in [-0.25, -0.2) is 0 Å². The second kappa shape index (κ2) is 9.33. The fraction of sp³-hybridized carbons (Fsp3) is 0.400. The molecule has 2 aromatic carbocycles. The van der Waals surface area contributed by atoms with E-state index in [-0.39, 0.29) is 0 Å². The summed E-state index contributed by atoms with van der Waals surface area (Å²) < 4.78 is 10.5. The van der Waals surface area contributed by atoms with Crippen molar-refractivity contribution in [3.05, 3.63) is 65.2 Å². The summed E-state index contributed by atoms with van der Waals surface area (Å²) in [5.41, 5.74) is 3.91. The molecule has 0 aliphatic rings. The topological polar surface area (TPSA) is 30.5 Å². The molecule has 3 nitrogen and oxygen atoms in total. The third-order valence-electron chi connectivity index (χ3n) is 4.08. The molecule has 1 atom stereocenters. The molecule has 0 saturated heterocycles. The molecule has 3 heteroatoms. The quantitative estimate of drug-likeness (QED) is 0.760. The Morgan fingerprint density at radius 3 is 2.30 bits per heavy atom. The highest BCUT2D eigenvalue weighted by Gasteiger charge is 2.05. The summed E-state index contributed by atoms with van der Waals surface area (Å²) in [4.78, 5) is 0. The molecule has 0 saturated carbocycles. The van der Waals surface area contributed by atoms with Gasteiger partial charge in [0, 0.05) is 19.7 Å². The van der Waals surface area contributed by atoms with Crippen molar-refractivity contribution in [1.29, 1.82) is 0 Å². The molecule has 0 aromatic heterocycles. The molecule has 0 spiro atoms. The zero-order valence-electron chi connectivity index (χ0n) is 14.3. The van der Waals surface area contributed by atoms with Gasteiger partial charge in [-0.15, -0.1) is 0 Å². The fourth-order valence-corrected chi connectivity index (χ4v) is 2.59. The molecular formula is C20H27NO2. The summed E-state index contributed by atoms with van der Waals surface area (Å²) in [7, 11) is 3.43. The number of aryl methyl sites for hydroxylation is 1. The predicted molar refractivity (Wildman–Crippen MR) is 94.8 cm³/mol. The summed E-state index contributed by atoms with van der Waals surface area (Å²) in [6.45, 7) is 3.78. The zero-order chi connectivity index (χ0) is 16.5. The van der Waals surface area contributed by atoms with Crippen LogP contribution in [0.3, 0.4) is 0 Å². The first-order valence-corrected chi connectivity index (χ1v) is 8.15. The van der Waals surface area contributed by atoms with Gasteiger partial charge in [0.2, 0.25) is 0 Å². The molecule has 0 amide bonds. The van der Waals surface area contributed by atoms with Crippen molar-refractivity contribution < 1.29 is 9.47 Å². The SMILES string of the molecule is COCc1ccccc1CNC(C)CCc1ccc(OC)cc1. The first-order chi connectivity index (χ1) is 11.2. The summed E-state index contributed by atoms with van der Waals surface area (Å²) in [5.74, 6) is 0.912. The smallest absolute Gasteiger partial charge is 0.118 e. The Morgan fingerprint density at radius 1 is 0.957 bits per heavy atom. The lowest BCUT2D eigenvalue weighted by atomic mass is 10.0. The molecule has 0 aliphatic heterocycles. The van der Waals surface area contributed by atoms with Crippen molar-refractivity contribution in [2.75, 3.05) is 14.2 Å². The van der Waals surface area contributed by atoms with Gasteiger partial charge < -0.3 is 14.8 Å². The minimum absolute atomic E-state index is 0.465. The van der Waals surface area contributed by atoms with Crippen LogP contribution in [-0.4, -0.2) is 20.3 Å². The van der Waals surface area contributed by atoms with E-state index in [2.05, 4.69) is 48.6 Å². The molecule has 2 rings (SSSR count). The maximum atomic E-state index is 5.26. The number of rotatable bonds is 9. The van der Waals surface area contributed by atoms with Crippen molar-refractivity contribution in [3.63, 3.8) is 0 Å². The van der Waals surface area contributed by atoms with E-state index in [9.17, 15) is 0 Å². The van der Waals surface area contributed by atoms with Crippen molar-refractivity contribution in [2.24, 2.45) is 0 Å². The van der Waals surface area contributed by atoms with Crippen LogP contribution in [-0.2, 0) is 24.3 Å². The maximum absolute atomic E-state index is 5.26. The normalized spacial score (nSPS) is 12.1. The van der Waals surface area contributed by atoms with E-state index in [4.69, 9.17) is 9.47 Å². The van der Waals surface area contributed by atoms with Gasteiger partial charge in [0.1, 0.15) is 5.75 Å². The number of hydrogen-bond donors (Lipinski definition) is 1. The predicted octanol–water partition coefficient (Wildman–Crippen LogP) is 3.95. The van der Waals surface area contributed by atoms with E-state index in [1.54, 1.807) is 14.2 Å². The number of benzene rings is 2. The molecule has 23 heavy (non-hydrogen) atoms. The van der Waals surface area contributed by atoms with E-state index in [0.29, 0.717) is 12.6 Å². The zero-order valence-corrected chi connectivity index (χ0v) is 14.3. The highest BCUT2D eigenvalue weighted by atomic mass is 16.5. The van der Waals surface area contributed by atoms with Crippen LogP contribution in [0.4, 0.5) is 0 Å². The van der Waals surface area contributed by atoms with Crippen LogP contribution >= 0.6 is 0 Å². The molecule has 0 radical (unpaired) electrons. The maximum Gasteiger partial charge on any atom is 0.118 e. The van der Waals surface area contributed by atoms with Gasteiger partial charge in [0.25, 0.3) is 0 Å². The van der Waals surface area contributed by atoms with Crippen molar-refractivity contribution >= 4 is 0 Å². The minimum Gasteiger partial charge on any atom is -0.497 e. The first kappa shape index (κ1) is 17.5. The van der Waals surface area contributed by atoms with Crippen LogP contribution in [0.1, 0.15) is 30.0 Å². The Bertz CT molecular complexity index is 580. The molecule has 0 fully saturated rings. The second-order valence-electron chi connectivity index (χ2n) is 5.87. The Hall–Kier alpha value is -1.84. The van der Waals surface area contributed by atoms with Crippen molar-refractivity contribution in [3.8, 4) is 5.75 Å². The van der Waals surface area contributed by atoms with Crippen LogP contribution < -0.4 is 10.1 Å². The van der Waals surface area contributed by atoms with Crippen LogP contribution in [0.5, 0.6) is 5.75 Å². The summed E-state index contributed by atoms with van der Waals surface area (Å²) in [6, 6.07) is 17.2. The fourth-order valence-electron chi connectivity index (χ4n) is 2.59. The molecule has 0 heterocycles. The van der Waals surface area contributed by atoms with E-state index >= 15 is 0 Å². The molecule has 124 valence electrons. The van der Waals surface area contributed by atoms with E-state index in [0.717, 1.165) is 25.1 Å². The largest absolute Gasteiger partial charge is 0.497 e. The summed E-state index contributed by atoms with van der Waals surface area (Å²) in [5, 5.41) is 3.61. The Labute approximate surface area is 139 Å². The third-order valence-corrected chi connectivity index (χ3v) is 4.08. The average Bonchev–Trinajstić information content (AvgIpc) is 2.60. The number of methoxy groups -OCH3 is 2. The standard InChI is InChI=1S/C20H27NO2/c1-16(8-9-17-10-12-20(23-3)13-11-17)21-14-18-6-4-5-7-19(18)15-22-2/h4-7,10-13,16,21H,8-9,14-15H2,1-3H3. The van der Waals surface area contributed by atoms with Gasteiger partial charge in [-0.2, -0.15) is 0 Å². The lowest BCUT2D eigenvalue weighted by molar-refractivity contribution is 0.184. The Morgan fingerprint density at radius 2 is 1.65 bits per heavy atom. The average molecular weight is 313 g/mol. The summed E-state index contributed by atoms with van der Waals surface area (Å²) in [6.07, 6.45) is 2.18. The summed E-state index contributed by atoms with van der Waals surface area (Å²) >= 11 is 0. The molecule has 0 aliphatic carbocycles.